The summed E-state index contributed by atoms with van der Waals surface area (Å²) in [4.78, 5) is 12.1. The number of hydrogen-bond donors (Lipinski definition) is 0. The van der Waals surface area contributed by atoms with Gasteiger partial charge in [0.1, 0.15) is 4.88 Å². The zero-order valence-electron chi connectivity index (χ0n) is 8.23. The SMILES string of the molecule is COCOC(=O)c1cc2ccccc2s1. The molecule has 78 valence electrons. The molecule has 4 heteroatoms. The Bertz CT molecular complexity index is 442. The van der Waals surface area contributed by atoms with Crippen LogP contribution in [0.15, 0.2) is 30.3 Å². The topological polar surface area (TPSA) is 35.5 Å². The lowest BCUT2D eigenvalue weighted by atomic mass is 10.2. The standard InChI is InChI=1S/C11H10O3S/c1-13-7-14-11(12)10-6-8-4-2-3-5-9(8)15-10/h2-6H,7H2,1H3. The lowest BCUT2D eigenvalue weighted by molar-refractivity contribution is -0.0120. The van der Waals surface area contributed by atoms with Crippen molar-refractivity contribution in [2.24, 2.45) is 0 Å². The highest BCUT2D eigenvalue weighted by molar-refractivity contribution is 7.20. The van der Waals surface area contributed by atoms with Gasteiger partial charge in [0, 0.05) is 11.8 Å². The van der Waals surface area contributed by atoms with Gasteiger partial charge in [-0.15, -0.1) is 11.3 Å². The van der Waals surface area contributed by atoms with Crippen molar-refractivity contribution in [3.63, 3.8) is 0 Å². The zero-order chi connectivity index (χ0) is 10.7. The molecule has 0 aliphatic carbocycles. The van der Waals surface area contributed by atoms with Crippen LogP contribution in [0.25, 0.3) is 10.1 Å². The molecule has 0 unspecified atom stereocenters. The fourth-order valence-corrected chi connectivity index (χ4v) is 2.22. The number of thiophene rings is 1. The van der Waals surface area contributed by atoms with Gasteiger partial charge >= 0.3 is 5.97 Å². The van der Waals surface area contributed by atoms with Crippen molar-refractivity contribution < 1.29 is 14.3 Å². The highest BCUT2D eigenvalue weighted by atomic mass is 32.1. The molecule has 0 saturated heterocycles. The third-order valence-electron chi connectivity index (χ3n) is 1.93. The molecular weight excluding hydrogens is 212 g/mol. The molecule has 15 heavy (non-hydrogen) atoms. The second kappa shape index (κ2) is 4.42. The predicted molar refractivity (Wildman–Crippen MR) is 59.1 cm³/mol. The summed E-state index contributed by atoms with van der Waals surface area (Å²) in [5, 5.41) is 1.06. The van der Waals surface area contributed by atoms with Gasteiger partial charge in [-0.3, -0.25) is 0 Å². The maximum absolute atomic E-state index is 11.5. The molecule has 0 fully saturated rings. The van der Waals surface area contributed by atoms with E-state index in [1.165, 1.54) is 18.4 Å². The number of methoxy groups -OCH3 is 1. The van der Waals surface area contributed by atoms with Crippen LogP contribution in [0.2, 0.25) is 0 Å². The third-order valence-corrected chi connectivity index (χ3v) is 3.03. The Balaban J connectivity index is 2.25. The summed E-state index contributed by atoms with van der Waals surface area (Å²) in [7, 11) is 1.48. The van der Waals surface area contributed by atoms with E-state index in [-0.39, 0.29) is 12.8 Å². The minimum Gasteiger partial charge on any atom is -0.434 e. The van der Waals surface area contributed by atoms with E-state index in [1.54, 1.807) is 0 Å². The summed E-state index contributed by atoms with van der Waals surface area (Å²) in [6.45, 7) is -0.00687. The minimum atomic E-state index is -0.335. The summed E-state index contributed by atoms with van der Waals surface area (Å²) in [6.07, 6.45) is 0. The number of fused-ring (bicyclic) bond motifs is 1. The molecule has 0 saturated carbocycles. The Morgan fingerprint density at radius 3 is 2.93 bits per heavy atom. The van der Waals surface area contributed by atoms with Gasteiger partial charge in [-0.05, 0) is 17.5 Å². The molecule has 2 aromatic rings. The van der Waals surface area contributed by atoms with Crippen LogP contribution in [0.3, 0.4) is 0 Å². The Morgan fingerprint density at radius 2 is 2.20 bits per heavy atom. The highest BCUT2D eigenvalue weighted by Gasteiger charge is 2.10. The fraction of sp³-hybridized carbons (Fsp3) is 0.182. The van der Waals surface area contributed by atoms with Crippen LogP contribution in [-0.2, 0) is 9.47 Å². The summed E-state index contributed by atoms with van der Waals surface area (Å²) < 4.78 is 10.6. The van der Waals surface area contributed by atoms with Gasteiger partial charge in [0.05, 0.1) is 0 Å². The molecule has 0 N–H and O–H groups in total. The van der Waals surface area contributed by atoms with Crippen molar-refractivity contribution in [1.29, 1.82) is 0 Å². The van der Waals surface area contributed by atoms with Crippen molar-refractivity contribution in [1.82, 2.24) is 0 Å². The normalized spacial score (nSPS) is 10.5. The first kappa shape index (κ1) is 10.1. The van der Waals surface area contributed by atoms with Gasteiger partial charge in [-0.2, -0.15) is 0 Å². The molecule has 0 aliphatic heterocycles. The highest BCUT2D eigenvalue weighted by Crippen LogP contribution is 2.25. The van der Waals surface area contributed by atoms with E-state index in [2.05, 4.69) is 4.74 Å². The van der Waals surface area contributed by atoms with E-state index in [9.17, 15) is 4.79 Å². The monoisotopic (exact) mass is 222 g/mol. The second-order valence-corrected chi connectivity index (χ2v) is 4.07. The summed E-state index contributed by atoms with van der Waals surface area (Å²) in [5.74, 6) is -0.335. The van der Waals surface area contributed by atoms with Gasteiger partial charge in [0.2, 0.25) is 0 Å². The quantitative estimate of drug-likeness (QED) is 0.591. The Kier molecular flexibility index (Phi) is 2.99. The molecule has 0 spiro atoms. The van der Waals surface area contributed by atoms with Crippen molar-refractivity contribution in [3.05, 3.63) is 35.2 Å². The molecule has 0 atom stereocenters. The van der Waals surface area contributed by atoms with Crippen LogP contribution in [0.5, 0.6) is 0 Å². The van der Waals surface area contributed by atoms with Gasteiger partial charge < -0.3 is 9.47 Å². The van der Waals surface area contributed by atoms with E-state index in [1.807, 2.05) is 30.3 Å². The molecule has 0 amide bonds. The van der Waals surface area contributed by atoms with Crippen LogP contribution in [0.1, 0.15) is 9.67 Å². The number of carbonyl (C=O) groups is 1. The zero-order valence-corrected chi connectivity index (χ0v) is 9.04. The largest absolute Gasteiger partial charge is 0.434 e. The number of benzene rings is 1. The lowest BCUT2D eigenvalue weighted by Crippen LogP contribution is -2.05. The molecule has 0 aliphatic rings. The van der Waals surface area contributed by atoms with Gasteiger partial charge in [-0.1, -0.05) is 18.2 Å². The van der Waals surface area contributed by atoms with Crippen molar-refractivity contribution in [3.8, 4) is 0 Å². The molecule has 3 nitrogen and oxygen atoms in total. The van der Waals surface area contributed by atoms with Crippen LogP contribution in [0, 0.1) is 0 Å². The number of ether oxygens (including phenoxy) is 2. The number of rotatable bonds is 3. The average Bonchev–Trinajstić information content (AvgIpc) is 2.69. The Labute approximate surface area is 91.2 Å². The van der Waals surface area contributed by atoms with Crippen LogP contribution in [-0.4, -0.2) is 19.9 Å². The van der Waals surface area contributed by atoms with Gasteiger partial charge in [-0.25, -0.2) is 4.79 Å². The Morgan fingerprint density at radius 1 is 1.40 bits per heavy atom. The van der Waals surface area contributed by atoms with Crippen LogP contribution >= 0.6 is 11.3 Å². The first-order chi connectivity index (χ1) is 7.31. The average molecular weight is 222 g/mol. The first-order valence-corrected chi connectivity index (χ1v) is 5.27. The maximum atomic E-state index is 11.5. The van der Waals surface area contributed by atoms with E-state index < -0.39 is 0 Å². The van der Waals surface area contributed by atoms with Gasteiger partial charge in [0.25, 0.3) is 0 Å². The van der Waals surface area contributed by atoms with Crippen molar-refractivity contribution in [2.75, 3.05) is 13.9 Å². The van der Waals surface area contributed by atoms with E-state index in [4.69, 9.17) is 4.74 Å². The van der Waals surface area contributed by atoms with Gasteiger partial charge in [0.15, 0.2) is 6.79 Å². The molecule has 1 aromatic carbocycles. The van der Waals surface area contributed by atoms with E-state index in [0.717, 1.165) is 10.1 Å². The van der Waals surface area contributed by atoms with Crippen molar-refractivity contribution in [2.45, 2.75) is 0 Å². The smallest absolute Gasteiger partial charge is 0.350 e. The van der Waals surface area contributed by atoms with E-state index in [0.29, 0.717) is 4.88 Å². The molecule has 1 aromatic heterocycles. The first-order valence-electron chi connectivity index (χ1n) is 4.46. The maximum Gasteiger partial charge on any atom is 0.350 e. The summed E-state index contributed by atoms with van der Waals surface area (Å²) in [6, 6.07) is 9.67. The number of carbonyl (C=O) groups excluding carboxylic acids is 1. The Hall–Kier alpha value is -1.39. The number of esters is 1. The predicted octanol–water partition coefficient (Wildman–Crippen LogP) is 2.66. The molecular formula is C11H10O3S. The van der Waals surface area contributed by atoms with E-state index >= 15 is 0 Å². The summed E-state index contributed by atoms with van der Waals surface area (Å²) in [5.41, 5.74) is 0. The third kappa shape index (κ3) is 2.16. The van der Waals surface area contributed by atoms with Crippen LogP contribution < -0.4 is 0 Å². The molecule has 0 bridgehead atoms. The molecule has 0 radical (unpaired) electrons. The summed E-state index contributed by atoms with van der Waals surface area (Å²) >= 11 is 1.43. The lowest BCUT2D eigenvalue weighted by Gasteiger charge is -1.99. The fourth-order valence-electron chi connectivity index (χ4n) is 1.27. The molecule has 1 heterocycles. The second-order valence-electron chi connectivity index (χ2n) is 2.99. The minimum absolute atomic E-state index is 0.00687. The van der Waals surface area contributed by atoms with Crippen LogP contribution in [0.4, 0.5) is 0 Å². The van der Waals surface area contributed by atoms with Crippen molar-refractivity contribution >= 4 is 27.4 Å². The molecule has 2 rings (SSSR count). The number of hydrogen-bond acceptors (Lipinski definition) is 4.